The first-order valence-electron chi connectivity index (χ1n) is 7.32. The summed E-state index contributed by atoms with van der Waals surface area (Å²) in [6, 6.07) is 0.747. The molecule has 2 amide bonds. The Balaban J connectivity index is 2.04. The van der Waals surface area contributed by atoms with Gasteiger partial charge in [0.15, 0.2) is 0 Å². The Morgan fingerprint density at radius 1 is 1.32 bits per heavy atom. The van der Waals surface area contributed by atoms with Gasteiger partial charge in [-0.05, 0) is 20.8 Å². The first kappa shape index (κ1) is 18.7. The Labute approximate surface area is 140 Å². The van der Waals surface area contributed by atoms with E-state index in [2.05, 4.69) is 9.97 Å². The fraction of sp³-hybridized carbons (Fsp3) is 0.571. The second kappa shape index (κ2) is 6.37. The van der Waals surface area contributed by atoms with Gasteiger partial charge in [0.2, 0.25) is 0 Å². The fourth-order valence-corrected chi connectivity index (χ4v) is 2.05. The minimum absolute atomic E-state index is 0.0878. The maximum Gasteiger partial charge on any atom is 0.471 e. The van der Waals surface area contributed by atoms with E-state index in [-0.39, 0.29) is 24.8 Å². The van der Waals surface area contributed by atoms with E-state index < -0.39 is 35.2 Å². The van der Waals surface area contributed by atoms with E-state index in [0.29, 0.717) is 0 Å². The number of H-pyrrole nitrogens is 1. The Morgan fingerprint density at radius 3 is 2.44 bits per heavy atom. The average molecular weight is 362 g/mol. The minimum atomic E-state index is -5.09. The zero-order chi connectivity index (χ0) is 19.0. The lowest BCUT2D eigenvalue weighted by atomic mass is 10.00. The first-order chi connectivity index (χ1) is 11.3. The molecule has 2 rings (SSSR count). The van der Waals surface area contributed by atoms with E-state index in [0.717, 1.165) is 6.07 Å². The molecule has 1 fully saturated rings. The van der Waals surface area contributed by atoms with Crippen LogP contribution in [-0.2, 0) is 9.53 Å². The van der Waals surface area contributed by atoms with Gasteiger partial charge in [-0.3, -0.25) is 9.59 Å². The smallest absolute Gasteiger partial charge is 0.444 e. The number of amides is 2. The Kier molecular flexibility index (Phi) is 4.78. The molecular weight excluding hydrogens is 345 g/mol. The number of carbonyl (C=O) groups is 2. The van der Waals surface area contributed by atoms with Crippen molar-refractivity contribution in [3.05, 3.63) is 22.2 Å². The summed E-state index contributed by atoms with van der Waals surface area (Å²) in [5.41, 5.74) is -1.37. The molecule has 138 valence electrons. The zero-order valence-corrected chi connectivity index (χ0v) is 13.7. The summed E-state index contributed by atoms with van der Waals surface area (Å²) < 4.78 is 42.0. The second-order valence-corrected chi connectivity index (χ2v) is 6.55. The molecule has 1 aromatic rings. The van der Waals surface area contributed by atoms with Crippen LogP contribution in [-0.4, -0.2) is 51.7 Å². The molecule has 1 aliphatic rings. The third kappa shape index (κ3) is 4.94. The molecule has 25 heavy (non-hydrogen) atoms. The predicted octanol–water partition coefficient (Wildman–Crippen LogP) is 1.60. The number of nitrogens with one attached hydrogen (secondary N) is 2. The third-order valence-electron chi connectivity index (χ3n) is 3.18. The number of hydrogen-bond donors (Lipinski definition) is 2. The zero-order valence-electron chi connectivity index (χ0n) is 13.7. The van der Waals surface area contributed by atoms with Crippen molar-refractivity contribution in [2.24, 2.45) is 0 Å². The summed E-state index contributed by atoms with van der Waals surface area (Å²) in [5, 5.41) is 1.53. The molecule has 0 spiro atoms. The average Bonchev–Trinajstić information content (AvgIpc) is 2.32. The van der Waals surface area contributed by atoms with E-state index in [1.165, 1.54) is 10.2 Å². The van der Waals surface area contributed by atoms with Crippen LogP contribution in [0.1, 0.15) is 32.5 Å². The summed E-state index contributed by atoms with van der Waals surface area (Å²) in [7, 11) is 0. The highest BCUT2D eigenvalue weighted by Gasteiger charge is 2.39. The van der Waals surface area contributed by atoms with Gasteiger partial charge in [-0.1, -0.05) is 0 Å². The molecule has 2 N–H and O–H groups in total. The molecule has 0 aliphatic carbocycles. The number of anilines is 1. The van der Waals surface area contributed by atoms with Gasteiger partial charge < -0.3 is 19.9 Å². The standard InChI is InChI=1S/C14H17F3N4O4/c1-13(2,3)25-12(24)21-5-7(6-21)10-18-8(4-9(22)20-10)19-11(23)14(15,16)17/h4,7H,5-6H2,1-3H3,(H2,18,19,20,22,23). The van der Waals surface area contributed by atoms with Crippen LogP contribution in [0.5, 0.6) is 0 Å². The van der Waals surface area contributed by atoms with Crippen molar-refractivity contribution in [2.45, 2.75) is 38.5 Å². The van der Waals surface area contributed by atoms with Gasteiger partial charge >= 0.3 is 18.2 Å². The number of aromatic nitrogens is 2. The van der Waals surface area contributed by atoms with E-state index in [1.54, 1.807) is 20.8 Å². The van der Waals surface area contributed by atoms with Crippen LogP contribution >= 0.6 is 0 Å². The summed E-state index contributed by atoms with van der Waals surface area (Å²) in [5.74, 6) is -3.01. The van der Waals surface area contributed by atoms with Gasteiger partial charge in [-0.15, -0.1) is 0 Å². The Hall–Kier alpha value is -2.59. The van der Waals surface area contributed by atoms with Crippen LogP contribution in [0.15, 0.2) is 10.9 Å². The summed E-state index contributed by atoms with van der Waals surface area (Å²) in [4.78, 5) is 41.9. The van der Waals surface area contributed by atoms with Crippen LogP contribution in [0.25, 0.3) is 0 Å². The quantitative estimate of drug-likeness (QED) is 0.832. The molecule has 11 heteroatoms. The SMILES string of the molecule is CC(C)(C)OC(=O)N1CC(c2nc(NC(=O)C(F)(F)F)cc(=O)[nH]2)C1. The van der Waals surface area contributed by atoms with Crippen LogP contribution in [0.3, 0.4) is 0 Å². The molecule has 0 aromatic carbocycles. The molecule has 1 saturated heterocycles. The third-order valence-corrected chi connectivity index (χ3v) is 3.18. The van der Waals surface area contributed by atoms with Crippen molar-refractivity contribution < 1.29 is 27.5 Å². The highest BCUT2D eigenvalue weighted by atomic mass is 19.4. The van der Waals surface area contributed by atoms with Crippen molar-refractivity contribution in [2.75, 3.05) is 18.4 Å². The molecular formula is C14H17F3N4O4. The van der Waals surface area contributed by atoms with Crippen LogP contribution in [0, 0.1) is 0 Å². The summed E-state index contributed by atoms with van der Waals surface area (Å²) in [6.45, 7) is 5.53. The lowest BCUT2D eigenvalue weighted by molar-refractivity contribution is -0.167. The number of likely N-dealkylation sites (tertiary alicyclic amines) is 1. The van der Waals surface area contributed by atoms with E-state index >= 15 is 0 Å². The topological polar surface area (TPSA) is 104 Å². The molecule has 0 radical (unpaired) electrons. The van der Waals surface area contributed by atoms with Gasteiger partial charge in [0.1, 0.15) is 17.2 Å². The number of carbonyl (C=O) groups excluding carboxylic acids is 2. The number of rotatable bonds is 2. The first-order valence-corrected chi connectivity index (χ1v) is 7.32. The van der Waals surface area contributed by atoms with Gasteiger partial charge in [-0.2, -0.15) is 13.2 Å². The number of ether oxygens (including phenoxy) is 1. The lowest BCUT2D eigenvalue weighted by Gasteiger charge is -2.39. The summed E-state index contributed by atoms with van der Waals surface area (Å²) in [6.07, 6.45) is -5.62. The fourth-order valence-electron chi connectivity index (χ4n) is 2.05. The monoisotopic (exact) mass is 362 g/mol. The molecule has 1 aliphatic heterocycles. The number of alkyl halides is 3. The van der Waals surface area contributed by atoms with Crippen LogP contribution < -0.4 is 10.9 Å². The van der Waals surface area contributed by atoms with E-state index in [1.807, 2.05) is 0 Å². The molecule has 0 saturated carbocycles. The maximum atomic E-state index is 12.3. The van der Waals surface area contributed by atoms with Crippen molar-refractivity contribution in [3.63, 3.8) is 0 Å². The number of aromatic amines is 1. The minimum Gasteiger partial charge on any atom is -0.444 e. The predicted molar refractivity (Wildman–Crippen MR) is 80.1 cm³/mol. The molecule has 8 nitrogen and oxygen atoms in total. The van der Waals surface area contributed by atoms with Gasteiger partial charge in [-0.25, -0.2) is 9.78 Å². The Bertz CT molecular complexity index is 733. The van der Waals surface area contributed by atoms with E-state index in [9.17, 15) is 27.6 Å². The van der Waals surface area contributed by atoms with Gasteiger partial charge in [0, 0.05) is 19.2 Å². The van der Waals surface area contributed by atoms with Crippen molar-refractivity contribution in [1.29, 1.82) is 0 Å². The molecule has 0 bridgehead atoms. The Morgan fingerprint density at radius 2 is 1.92 bits per heavy atom. The highest BCUT2D eigenvalue weighted by molar-refractivity contribution is 5.94. The number of hydrogen-bond acceptors (Lipinski definition) is 5. The maximum absolute atomic E-state index is 12.3. The normalized spacial score (nSPS) is 15.5. The van der Waals surface area contributed by atoms with Crippen LogP contribution in [0.2, 0.25) is 0 Å². The second-order valence-electron chi connectivity index (χ2n) is 6.55. The van der Waals surface area contributed by atoms with Gasteiger partial charge in [0.05, 0.1) is 5.92 Å². The molecule has 0 unspecified atom stereocenters. The molecule has 1 aromatic heterocycles. The van der Waals surface area contributed by atoms with Crippen LogP contribution in [0.4, 0.5) is 23.8 Å². The number of nitrogens with zero attached hydrogens (tertiary/aromatic N) is 2. The van der Waals surface area contributed by atoms with Gasteiger partial charge in [0.25, 0.3) is 5.56 Å². The van der Waals surface area contributed by atoms with Crippen molar-refractivity contribution >= 4 is 17.8 Å². The van der Waals surface area contributed by atoms with Crippen molar-refractivity contribution in [3.8, 4) is 0 Å². The van der Waals surface area contributed by atoms with Crippen molar-refractivity contribution in [1.82, 2.24) is 14.9 Å². The number of halogens is 3. The largest absolute Gasteiger partial charge is 0.471 e. The summed E-state index contributed by atoms with van der Waals surface area (Å²) >= 11 is 0. The molecule has 0 atom stereocenters. The van der Waals surface area contributed by atoms with E-state index in [4.69, 9.17) is 4.74 Å². The molecule has 2 heterocycles. The lowest BCUT2D eigenvalue weighted by Crippen LogP contribution is -2.51. The highest BCUT2D eigenvalue weighted by Crippen LogP contribution is 2.26.